The third kappa shape index (κ3) is 3.25. The van der Waals surface area contributed by atoms with Crippen LogP contribution in [0.15, 0.2) is 12.1 Å². The monoisotopic (exact) mass is 285 g/mol. The molecule has 0 aromatic heterocycles. The summed E-state index contributed by atoms with van der Waals surface area (Å²) in [6.07, 6.45) is 1.08. The predicted octanol–water partition coefficient (Wildman–Crippen LogP) is 3.19. The third-order valence-electron chi connectivity index (χ3n) is 3.53. The van der Waals surface area contributed by atoms with Crippen LogP contribution in [0.4, 0.5) is 5.69 Å². The van der Waals surface area contributed by atoms with Crippen molar-refractivity contribution in [2.75, 3.05) is 32.8 Å². The Labute approximate surface area is 119 Å². The Morgan fingerprint density at radius 2 is 2.05 bits per heavy atom. The maximum absolute atomic E-state index is 6.16. The summed E-state index contributed by atoms with van der Waals surface area (Å²) < 4.78 is 16.0. The second-order valence-corrected chi connectivity index (χ2v) is 5.15. The zero-order valence-electron chi connectivity index (χ0n) is 11.5. The van der Waals surface area contributed by atoms with E-state index in [9.17, 15) is 0 Å². The van der Waals surface area contributed by atoms with Gasteiger partial charge in [0, 0.05) is 24.6 Å². The molecule has 0 amide bonds. The zero-order chi connectivity index (χ0) is 13.8. The van der Waals surface area contributed by atoms with Crippen LogP contribution in [-0.4, -0.2) is 33.5 Å². The van der Waals surface area contributed by atoms with Gasteiger partial charge in [0.2, 0.25) is 0 Å². The van der Waals surface area contributed by atoms with Gasteiger partial charge in [-0.3, -0.25) is 0 Å². The number of hydrogen-bond acceptors (Lipinski definition) is 4. The van der Waals surface area contributed by atoms with Crippen LogP contribution in [0.2, 0.25) is 5.02 Å². The summed E-state index contributed by atoms with van der Waals surface area (Å²) in [5.74, 6) is 1.86. The van der Waals surface area contributed by atoms with Crippen LogP contribution in [0.25, 0.3) is 0 Å². The number of anilines is 1. The molecule has 1 fully saturated rings. The van der Waals surface area contributed by atoms with Crippen molar-refractivity contribution >= 4 is 17.3 Å². The van der Waals surface area contributed by atoms with E-state index in [1.165, 1.54) is 0 Å². The van der Waals surface area contributed by atoms with Crippen LogP contribution in [0.1, 0.15) is 13.3 Å². The maximum atomic E-state index is 6.16. The Hall–Kier alpha value is -1.13. The minimum absolute atomic E-state index is 0.306. The Kier molecular flexibility index (Phi) is 4.77. The number of rotatable bonds is 5. The summed E-state index contributed by atoms with van der Waals surface area (Å²) in [5, 5.41) is 4.02. The molecule has 0 bridgehead atoms. The van der Waals surface area contributed by atoms with Crippen LogP contribution < -0.4 is 14.8 Å². The first kappa shape index (κ1) is 14.3. The first-order chi connectivity index (χ1) is 9.15. The average Bonchev–Trinajstić information content (AvgIpc) is 2.93. The molecule has 2 atom stereocenters. The highest BCUT2D eigenvalue weighted by Gasteiger charge is 2.23. The van der Waals surface area contributed by atoms with E-state index in [1.54, 1.807) is 20.3 Å². The lowest BCUT2D eigenvalue weighted by atomic mass is 10.0. The van der Waals surface area contributed by atoms with Crippen molar-refractivity contribution in [3.05, 3.63) is 17.2 Å². The quantitative estimate of drug-likeness (QED) is 0.902. The van der Waals surface area contributed by atoms with E-state index in [0.717, 1.165) is 31.1 Å². The summed E-state index contributed by atoms with van der Waals surface area (Å²) >= 11 is 6.16. The van der Waals surface area contributed by atoms with Gasteiger partial charge in [0.05, 0.1) is 31.5 Å². The first-order valence-electron chi connectivity index (χ1n) is 6.41. The zero-order valence-corrected chi connectivity index (χ0v) is 12.3. The lowest BCUT2D eigenvalue weighted by molar-refractivity contribution is 0.183. The number of halogens is 1. The molecule has 0 spiro atoms. The molecule has 19 heavy (non-hydrogen) atoms. The lowest BCUT2D eigenvalue weighted by Gasteiger charge is -2.22. The standard InChI is InChI=1S/C14H20ClNO3/c1-9(10-4-5-19-8-10)16-12-6-11(15)13(17-2)7-14(12)18-3/h6-7,9-10,16H,4-5,8H2,1-3H3. The molecule has 1 saturated heterocycles. The van der Waals surface area contributed by atoms with E-state index < -0.39 is 0 Å². The Balaban J connectivity index is 2.16. The molecular formula is C14H20ClNO3. The van der Waals surface area contributed by atoms with E-state index in [4.69, 9.17) is 25.8 Å². The predicted molar refractivity (Wildman–Crippen MR) is 76.6 cm³/mol. The fourth-order valence-corrected chi connectivity index (χ4v) is 2.52. The summed E-state index contributed by atoms with van der Waals surface area (Å²) in [6.45, 7) is 3.80. The van der Waals surface area contributed by atoms with Gasteiger partial charge in [0.1, 0.15) is 11.5 Å². The fraction of sp³-hybridized carbons (Fsp3) is 0.571. The van der Waals surface area contributed by atoms with Crippen molar-refractivity contribution in [3.63, 3.8) is 0 Å². The molecule has 0 saturated carbocycles. The number of methoxy groups -OCH3 is 2. The lowest BCUT2D eigenvalue weighted by Crippen LogP contribution is -2.26. The number of hydrogen-bond donors (Lipinski definition) is 1. The first-order valence-corrected chi connectivity index (χ1v) is 6.79. The van der Waals surface area contributed by atoms with Gasteiger partial charge in [0.15, 0.2) is 0 Å². The van der Waals surface area contributed by atoms with Crippen molar-refractivity contribution in [2.24, 2.45) is 5.92 Å². The van der Waals surface area contributed by atoms with Crippen LogP contribution in [0, 0.1) is 5.92 Å². The van der Waals surface area contributed by atoms with Gasteiger partial charge in [-0.2, -0.15) is 0 Å². The summed E-state index contributed by atoms with van der Waals surface area (Å²) in [4.78, 5) is 0. The fourth-order valence-electron chi connectivity index (χ4n) is 2.28. The van der Waals surface area contributed by atoms with E-state index in [0.29, 0.717) is 22.7 Å². The van der Waals surface area contributed by atoms with Crippen molar-refractivity contribution in [1.82, 2.24) is 0 Å². The molecule has 1 aliphatic rings. The highest BCUT2D eigenvalue weighted by molar-refractivity contribution is 6.32. The van der Waals surface area contributed by atoms with Gasteiger partial charge in [-0.1, -0.05) is 11.6 Å². The van der Waals surface area contributed by atoms with Gasteiger partial charge >= 0.3 is 0 Å². The van der Waals surface area contributed by atoms with Crippen LogP contribution in [0.5, 0.6) is 11.5 Å². The summed E-state index contributed by atoms with van der Waals surface area (Å²) in [5.41, 5.74) is 0.882. The Bertz CT molecular complexity index is 433. The molecule has 4 nitrogen and oxygen atoms in total. The normalized spacial score (nSPS) is 20.1. The minimum atomic E-state index is 0.306. The summed E-state index contributed by atoms with van der Waals surface area (Å²) in [7, 11) is 3.23. The van der Waals surface area contributed by atoms with Gasteiger partial charge in [-0.15, -0.1) is 0 Å². The van der Waals surface area contributed by atoms with Gasteiger partial charge in [0.25, 0.3) is 0 Å². The number of ether oxygens (including phenoxy) is 3. The van der Waals surface area contributed by atoms with Crippen LogP contribution in [-0.2, 0) is 4.74 Å². The van der Waals surface area contributed by atoms with Crippen molar-refractivity contribution in [3.8, 4) is 11.5 Å². The third-order valence-corrected chi connectivity index (χ3v) is 3.82. The second kappa shape index (κ2) is 6.35. The molecule has 1 aromatic rings. The molecule has 5 heteroatoms. The van der Waals surface area contributed by atoms with E-state index in [2.05, 4.69) is 12.2 Å². The van der Waals surface area contributed by atoms with E-state index >= 15 is 0 Å². The van der Waals surface area contributed by atoms with E-state index in [1.807, 2.05) is 6.07 Å². The maximum Gasteiger partial charge on any atom is 0.145 e. The van der Waals surface area contributed by atoms with Crippen molar-refractivity contribution < 1.29 is 14.2 Å². The van der Waals surface area contributed by atoms with E-state index in [-0.39, 0.29) is 0 Å². The van der Waals surface area contributed by atoms with Crippen LogP contribution >= 0.6 is 11.6 Å². The molecule has 1 aliphatic heterocycles. The highest BCUT2D eigenvalue weighted by Crippen LogP contribution is 2.36. The second-order valence-electron chi connectivity index (χ2n) is 4.74. The van der Waals surface area contributed by atoms with Gasteiger partial charge in [-0.25, -0.2) is 0 Å². The molecule has 106 valence electrons. The molecule has 2 unspecified atom stereocenters. The SMILES string of the molecule is COc1cc(OC)c(NC(C)C2CCOC2)cc1Cl. The molecule has 0 radical (unpaired) electrons. The average molecular weight is 286 g/mol. The Morgan fingerprint density at radius 1 is 1.32 bits per heavy atom. The highest BCUT2D eigenvalue weighted by atomic mass is 35.5. The number of benzene rings is 1. The molecule has 1 N–H and O–H groups in total. The van der Waals surface area contributed by atoms with Crippen LogP contribution in [0.3, 0.4) is 0 Å². The molecule has 1 heterocycles. The number of nitrogens with one attached hydrogen (secondary N) is 1. The van der Waals surface area contributed by atoms with Crippen molar-refractivity contribution in [2.45, 2.75) is 19.4 Å². The van der Waals surface area contributed by atoms with Gasteiger partial charge < -0.3 is 19.5 Å². The molecule has 0 aliphatic carbocycles. The smallest absolute Gasteiger partial charge is 0.145 e. The molecule has 2 rings (SSSR count). The topological polar surface area (TPSA) is 39.7 Å². The van der Waals surface area contributed by atoms with Gasteiger partial charge in [-0.05, 0) is 19.4 Å². The Morgan fingerprint density at radius 3 is 2.63 bits per heavy atom. The molecular weight excluding hydrogens is 266 g/mol. The largest absolute Gasteiger partial charge is 0.495 e. The minimum Gasteiger partial charge on any atom is -0.495 e. The summed E-state index contributed by atoms with van der Waals surface area (Å²) in [6, 6.07) is 3.94. The molecule has 1 aromatic carbocycles. The van der Waals surface area contributed by atoms with Crippen molar-refractivity contribution in [1.29, 1.82) is 0 Å².